The van der Waals surface area contributed by atoms with Crippen LogP contribution in [0.25, 0.3) is 0 Å². The van der Waals surface area contributed by atoms with Crippen LogP contribution in [0.15, 0.2) is 6.20 Å². The molecule has 16 heavy (non-hydrogen) atoms. The minimum atomic E-state index is -0.0550. The van der Waals surface area contributed by atoms with Crippen molar-refractivity contribution in [3.63, 3.8) is 0 Å². The number of nitrogens with two attached hydrogens (primary N) is 1. The molecular formula is C12H21N3S. The number of nitrogens with zero attached hydrogens (tertiary/aromatic N) is 1. The van der Waals surface area contributed by atoms with Crippen molar-refractivity contribution in [2.75, 3.05) is 6.54 Å². The van der Waals surface area contributed by atoms with E-state index < -0.39 is 0 Å². The van der Waals surface area contributed by atoms with E-state index >= 15 is 0 Å². The van der Waals surface area contributed by atoms with E-state index in [1.807, 2.05) is 6.20 Å². The first-order valence-electron chi connectivity index (χ1n) is 5.93. The van der Waals surface area contributed by atoms with Crippen LogP contribution < -0.4 is 11.1 Å². The first-order valence-corrected chi connectivity index (χ1v) is 6.75. The fraction of sp³-hybridized carbons (Fsp3) is 0.750. The Labute approximate surface area is 101 Å². The first-order chi connectivity index (χ1) is 7.49. The van der Waals surface area contributed by atoms with E-state index in [0.717, 1.165) is 11.6 Å². The highest BCUT2D eigenvalue weighted by atomic mass is 32.1. The lowest BCUT2D eigenvalue weighted by Gasteiger charge is -2.26. The van der Waals surface area contributed by atoms with Gasteiger partial charge in [0.25, 0.3) is 0 Å². The summed E-state index contributed by atoms with van der Waals surface area (Å²) in [7, 11) is 0. The van der Waals surface area contributed by atoms with Gasteiger partial charge in [-0.15, -0.1) is 11.3 Å². The molecule has 0 saturated heterocycles. The highest BCUT2D eigenvalue weighted by molar-refractivity contribution is 7.11. The van der Waals surface area contributed by atoms with Crippen LogP contribution in [0, 0.1) is 12.8 Å². The van der Waals surface area contributed by atoms with Gasteiger partial charge in [0, 0.05) is 23.2 Å². The van der Waals surface area contributed by atoms with Gasteiger partial charge in [-0.25, -0.2) is 4.98 Å². The van der Waals surface area contributed by atoms with Crippen molar-refractivity contribution < 1.29 is 0 Å². The second-order valence-electron chi connectivity index (χ2n) is 5.19. The summed E-state index contributed by atoms with van der Waals surface area (Å²) in [6.45, 7) is 7.27. The molecule has 1 saturated carbocycles. The number of aryl methyl sites for hydroxylation is 1. The lowest BCUT2D eigenvalue weighted by atomic mass is 9.97. The molecule has 1 fully saturated rings. The van der Waals surface area contributed by atoms with E-state index in [0.29, 0.717) is 12.0 Å². The molecule has 0 radical (unpaired) electrons. The quantitative estimate of drug-likeness (QED) is 0.828. The highest BCUT2D eigenvalue weighted by Gasteiger charge is 2.38. The maximum Gasteiger partial charge on any atom is 0.109 e. The molecule has 2 atom stereocenters. The summed E-state index contributed by atoms with van der Waals surface area (Å²) in [6.07, 6.45) is 4.51. The number of aromatic nitrogens is 1. The van der Waals surface area contributed by atoms with E-state index in [1.165, 1.54) is 17.7 Å². The van der Waals surface area contributed by atoms with Crippen molar-refractivity contribution in [3.8, 4) is 0 Å². The molecule has 0 bridgehead atoms. The third-order valence-corrected chi connectivity index (χ3v) is 4.40. The Morgan fingerprint density at radius 2 is 2.38 bits per heavy atom. The number of hydrogen-bond acceptors (Lipinski definition) is 4. The van der Waals surface area contributed by atoms with Crippen molar-refractivity contribution in [2.24, 2.45) is 11.7 Å². The summed E-state index contributed by atoms with van der Waals surface area (Å²) in [4.78, 5) is 5.66. The predicted octanol–water partition coefficient (Wildman–Crippen LogP) is 2.23. The largest absolute Gasteiger partial charge is 0.324 e. The van der Waals surface area contributed by atoms with Crippen LogP contribution in [0.3, 0.4) is 0 Å². The minimum Gasteiger partial charge on any atom is -0.324 e. The Bertz CT molecular complexity index is 355. The molecule has 1 heterocycles. The Kier molecular flexibility index (Phi) is 3.33. The average Bonchev–Trinajstić information content (AvgIpc) is 2.99. The van der Waals surface area contributed by atoms with Crippen LogP contribution in [0.2, 0.25) is 0 Å². The topological polar surface area (TPSA) is 50.9 Å². The van der Waals surface area contributed by atoms with Gasteiger partial charge in [-0.05, 0) is 39.5 Å². The number of hydrogen-bond donors (Lipinski definition) is 2. The molecule has 1 aliphatic rings. The second-order valence-corrected chi connectivity index (χ2v) is 6.46. The van der Waals surface area contributed by atoms with Gasteiger partial charge in [0.05, 0.1) is 6.04 Å². The Morgan fingerprint density at radius 3 is 2.88 bits per heavy atom. The molecule has 1 aromatic heterocycles. The van der Waals surface area contributed by atoms with E-state index in [1.54, 1.807) is 11.3 Å². The molecule has 2 unspecified atom stereocenters. The third kappa shape index (κ3) is 2.81. The van der Waals surface area contributed by atoms with Crippen LogP contribution in [0.5, 0.6) is 0 Å². The smallest absolute Gasteiger partial charge is 0.109 e. The normalized spacial score (nSPS) is 21.8. The summed E-state index contributed by atoms with van der Waals surface area (Å²) in [6, 6.07) is 0.306. The number of thiazole rings is 1. The fourth-order valence-corrected chi connectivity index (χ4v) is 2.72. The minimum absolute atomic E-state index is 0.0550. The summed E-state index contributed by atoms with van der Waals surface area (Å²) in [5.41, 5.74) is 6.22. The summed E-state index contributed by atoms with van der Waals surface area (Å²) >= 11 is 1.76. The Balaban J connectivity index is 1.85. The van der Waals surface area contributed by atoms with Gasteiger partial charge in [-0.2, -0.15) is 0 Å². The van der Waals surface area contributed by atoms with Crippen molar-refractivity contribution in [3.05, 3.63) is 16.1 Å². The zero-order valence-corrected chi connectivity index (χ0v) is 11.1. The van der Waals surface area contributed by atoms with Gasteiger partial charge < -0.3 is 11.1 Å². The van der Waals surface area contributed by atoms with E-state index in [4.69, 9.17) is 5.73 Å². The highest BCUT2D eigenvalue weighted by Crippen LogP contribution is 2.37. The molecule has 90 valence electrons. The SMILES string of the molecule is Cc1cnc(C(C)NCC(C)(N)C2CC2)s1. The molecule has 3 N–H and O–H groups in total. The molecule has 1 aliphatic carbocycles. The maximum atomic E-state index is 6.27. The van der Waals surface area contributed by atoms with Crippen LogP contribution in [0.1, 0.15) is 42.6 Å². The monoisotopic (exact) mass is 239 g/mol. The summed E-state index contributed by atoms with van der Waals surface area (Å²) in [5, 5.41) is 4.65. The molecule has 0 spiro atoms. The van der Waals surface area contributed by atoms with Gasteiger partial charge in [0.15, 0.2) is 0 Å². The Hall–Kier alpha value is -0.450. The van der Waals surface area contributed by atoms with Crippen LogP contribution in [-0.2, 0) is 0 Å². The van der Waals surface area contributed by atoms with Crippen molar-refractivity contribution in [1.82, 2.24) is 10.3 Å². The van der Waals surface area contributed by atoms with E-state index in [9.17, 15) is 0 Å². The molecule has 0 aromatic carbocycles. The Morgan fingerprint density at radius 1 is 1.69 bits per heavy atom. The van der Waals surface area contributed by atoms with Crippen molar-refractivity contribution in [1.29, 1.82) is 0 Å². The summed E-state index contributed by atoms with van der Waals surface area (Å²) < 4.78 is 0. The molecule has 0 aliphatic heterocycles. The van der Waals surface area contributed by atoms with Crippen LogP contribution >= 0.6 is 11.3 Å². The van der Waals surface area contributed by atoms with Crippen molar-refractivity contribution >= 4 is 11.3 Å². The van der Waals surface area contributed by atoms with Gasteiger partial charge in [-0.3, -0.25) is 0 Å². The zero-order chi connectivity index (χ0) is 11.8. The maximum absolute atomic E-state index is 6.27. The number of rotatable bonds is 5. The third-order valence-electron chi connectivity index (χ3n) is 3.31. The number of nitrogens with one attached hydrogen (secondary N) is 1. The first kappa shape index (κ1) is 12.0. The lowest BCUT2D eigenvalue weighted by molar-refractivity contribution is 0.362. The molecular weight excluding hydrogens is 218 g/mol. The fourth-order valence-electron chi connectivity index (χ4n) is 1.92. The zero-order valence-electron chi connectivity index (χ0n) is 10.3. The standard InChI is InChI=1S/C12H21N3S/c1-8-6-14-11(16-8)9(2)15-7-12(3,13)10-4-5-10/h6,9-10,15H,4-5,7,13H2,1-3H3. The second kappa shape index (κ2) is 4.43. The van der Waals surface area contributed by atoms with E-state index in [2.05, 4.69) is 31.1 Å². The van der Waals surface area contributed by atoms with Gasteiger partial charge in [-0.1, -0.05) is 0 Å². The molecule has 3 nitrogen and oxygen atoms in total. The van der Waals surface area contributed by atoms with Gasteiger partial charge >= 0.3 is 0 Å². The van der Waals surface area contributed by atoms with Crippen LogP contribution in [-0.4, -0.2) is 17.1 Å². The average molecular weight is 239 g/mol. The lowest BCUT2D eigenvalue weighted by Crippen LogP contribution is -2.48. The molecule has 4 heteroatoms. The van der Waals surface area contributed by atoms with Gasteiger partial charge in [0.2, 0.25) is 0 Å². The predicted molar refractivity (Wildman–Crippen MR) is 68.6 cm³/mol. The molecule has 0 amide bonds. The van der Waals surface area contributed by atoms with Crippen LogP contribution in [0.4, 0.5) is 0 Å². The van der Waals surface area contributed by atoms with E-state index in [-0.39, 0.29) is 5.54 Å². The molecule has 1 aromatic rings. The van der Waals surface area contributed by atoms with Gasteiger partial charge in [0.1, 0.15) is 5.01 Å². The van der Waals surface area contributed by atoms with Crippen molar-refractivity contribution in [2.45, 2.75) is 45.2 Å². The summed E-state index contributed by atoms with van der Waals surface area (Å²) in [5.74, 6) is 0.713. The molecule has 2 rings (SSSR count).